The van der Waals surface area contributed by atoms with E-state index in [9.17, 15) is 0 Å². The molecule has 1 atom stereocenters. The lowest BCUT2D eigenvalue weighted by Crippen LogP contribution is -2.24. The summed E-state index contributed by atoms with van der Waals surface area (Å²) in [7, 11) is 1.98. The molecule has 1 unspecified atom stereocenters. The van der Waals surface area contributed by atoms with Crippen LogP contribution >= 0.6 is 0 Å². The molecule has 0 radical (unpaired) electrons. The first kappa shape index (κ1) is 14.7. The molecule has 0 amide bonds. The van der Waals surface area contributed by atoms with E-state index in [-0.39, 0.29) is 6.04 Å². The number of rotatable bonds is 6. The fraction of sp³-hybridized carbons (Fsp3) is 0.500. The van der Waals surface area contributed by atoms with E-state index in [4.69, 9.17) is 0 Å². The third kappa shape index (κ3) is 3.25. The SMILES string of the molecule is CCCNC(c1ccc(C)nc1)c1cn(C)nc1CC. The average Bonchev–Trinajstić information content (AvgIpc) is 2.82. The Balaban J connectivity index is 2.38. The lowest BCUT2D eigenvalue weighted by Gasteiger charge is -2.19. The molecular formula is C16H24N4. The van der Waals surface area contributed by atoms with Crippen LogP contribution < -0.4 is 5.32 Å². The molecule has 0 spiro atoms. The molecular weight excluding hydrogens is 248 g/mol. The van der Waals surface area contributed by atoms with Crippen molar-refractivity contribution in [1.29, 1.82) is 0 Å². The van der Waals surface area contributed by atoms with Crippen LogP contribution in [-0.2, 0) is 13.5 Å². The maximum absolute atomic E-state index is 4.56. The Hall–Kier alpha value is -1.68. The van der Waals surface area contributed by atoms with Gasteiger partial charge in [0, 0.05) is 30.7 Å². The summed E-state index contributed by atoms with van der Waals surface area (Å²) in [6.45, 7) is 7.33. The lowest BCUT2D eigenvalue weighted by molar-refractivity contribution is 0.592. The number of nitrogens with zero attached hydrogens (tertiary/aromatic N) is 3. The van der Waals surface area contributed by atoms with Crippen LogP contribution in [0.15, 0.2) is 24.5 Å². The van der Waals surface area contributed by atoms with Gasteiger partial charge in [-0.3, -0.25) is 9.67 Å². The topological polar surface area (TPSA) is 42.7 Å². The second kappa shape index (κ2) is 6.66. The Kier molecular flexibility index (Phi) is 4.90. The van der Waals surface area contributed by atoms with E-state index in [2.05, 4.69) is 47.6 Å². The van der Waals surface area contributed by atoms with Crippen molar-refractivity contribution in [2.45, 2.75) is 39.7 Å². The van der Waals surface area contributed by atoms with Crippen LogP contribution in [0.2, 0.25) is 0 Å². The minimum Gasteiger partial charge on any atom is -0.306 e. The van der Waals surface area contributed by atoms with Crippen LogP contribution in [0.5, 0.6) is 0 Å². The molecule has 0 fully saturated rings. The number of hydrogen-bond acceptors (Lipinski definition) is 3. The van der Waals surface area contributed by atoms with Crippen LogP contribution in [-0.4, -0.2) is 21.3 Å². The molecule has 4 nitrogen and oxygen atoms in total. The van der Waals surface area contributed by atoms with Gasteiger partial charge in [-0.25, -0.2) is 0 Å². The van der Waals surface area contributed by atoms with Crippen LogP contribution in [0.25, 0.3) is 0 Å². The summed E-state index contributed by atoms with van der Waals surface area (Å²) in [5, 5.41) is 8.17. The van der Waals surface area contributed by atoms with Gasteiger partial charge in [0.1, 0.15) is 0 Å². The molecule has 4 heteroatoms. The zero-order chi connectivity index (χ0) is 14.5. The van der Waals surface area contributed by atoms with E-state index in [0.717, 1.165) is 30.8 Å². The standard InChI is InChI=1S/C16H24N4/c1-5-9-17-16(13-8-7-12(3)18-10-13)14-11-20(4)19-15(14)6-2/h7-8,10-11,16-17H,5-6,9H2,1-4H3. The zero-order valence-electron chi connectivity index (χ0n) is 12.8. The molecule has 1 N–H and O–H groups in total. The van der Waals surface area contributed by atoms with E-state index in [1.54, 1.807) is 0 Å². The van der Waals surface area contributed by atoms with Gasteiger partial charge in [-0.15, -0.1) is 0 Å². The molecule has 0 saturated carbocycles. The molecule has 0 aliphatic rings. The molecule has 2 rings (SSSR count). The third-order valence-corrected chi connectivity index (χ3v) is 3.45. The number of nitrogens with one attached hydrogen (secondary N) is 1. The van der Waals surface area contributed by atoms with Gasteiger partial charge in [0.25, 0.3) is 0 Å². The second-order valence-corrected chi connectivity index (χ2v) is 5.18. The van der Waals surface area contributed by atoms with Crippen molar-refractivity contribution in [3.8, 4) is 0 Å². The number of pyridine rings is 1. The fourth-order valence-electron chi connectivity index (χ4n) is 2.41. The van der Waals surface area contributed by atoms with Gasteiger partial charge in [-0.05, 0) is 37.9 Å². The first-order valence-corrected chi connectivity index (χ1v) is 7.34. The van der Waals surface area contributed by atoms with Crippen LogP contribution in [0.3, 0.4) is 0 Å². The van der Waals surface area contributed by atoms with Crippen molar-refractivity contribution in [3.05, 3.63) is 47.0 Å². The monoisotopic (exact) mass is 272 g/mol. The van der Waals surface area contributed by atoms with Gasteiger partial charge >= 0.3 is 0 Å². The third-order valence-electron chi connectivity index (χ3n) is 3.45. The molecule has 0 aromatic carbocycles. The van der Waals surface area contributed by atoms with E-state index >= 15 is 0 Å². The summed E-state index contributed by atoms with van der Waals surface area (Å²) in [6, 6.07) is 4.40. The predicted molar refractivity (Wildman–Crippen MR) is 81.7 cm³/mol. The number of hydrogen-bond donors (Lipinski definition) is 1. The van der Waals surface area contributed by atoms with Crippen molar-refractivity contribution in [2.24, 2.45) is 7.05 Å². The molecule has 2 aromatic rings. The van der Waals surface area contributed by atoms with Gasteiger partial charge in [0.2, 0.25) is 0 Å². The Labute approximate surface area is 121 Å². The first-order chi connectivity index (χ1) is 9.65. The fourth-order valence-corrected chi connectivity index (χ4v) is 2.41. The normalized spacial score (nSPS) is 12.6. The van der Waals surface area contributed by atoms with Gasteiger partial charge in [0.05, 0.1) is 11.7 Å². The van der Waals surface area contributed by atoms with Crippen molar-refractivity contribution in [2.75, 3.05) is 6.54 Å². The first-order valence-electron chi connectivity index (χ1n) is 7.34. The molecule has 0 aliphatic heterocycles. The summed E-state index contributed by atoms with van der Waals surface area (Å²) in [5.41, 5.74) is 4.66. The maximum Gasteiger partial charge on any atom is 0.0673 e. The molecule has 2 aromatic heterocycles. The minimum atomic E-state index is 0.173. The Morgan fingerprint density at radius 1 is 1.30 bits per heavy atom. The van der Waals surface area contributed by atoms with Crippen LogP contribution in [0.1, 0.15) is 48.8 Å². The molecule has 108 valence electrons. The summed E-state index contributed by atoms with van der Waals surface area (Å²) in [6.07, 6.45) is 6.14. The highest BCUT2D eigenvalue weighted by Crippen LogP contribution is 2.24. The Bertz CT molecular complexity index is 542. The number of aromatic nitrogens is 3. The van der Waals surface area contributed by atoms with Gasteiger partial charge in [0.15, 0.2) is 0 Å². The Morgan fingerprint density at radius 2 is 2.10 bits per heavy atom. The van der Waals surface area contributed by atoms with Gasteiger partial charge in [-0.1, -0.05) is 19.9 Å². The van der Waals surface area contributed by atoms with Crippen molar-refractivity contribution in [3.63, 3.8) is 0 Å². The van der Waals surface area contributed by atoms with Crippen molar-refractivity contribution in [1.82, 2.24) is 20.1 Å². The molecule has 0 saturated heterocycles. The van der Waals surface area contributed by atoms with Crippen LogP contribution in [0.4, 0.5) is 0 Å². The highest BCUT2D eigenvalue weighted by atomic mass is 15.3. The summed E-state index contributed by atoms with van der Waals surface area (Å²) in [5.74, 6) is 0. The molecule has 2 heterocycles. The lowest BCUT2D eigenvalue weighted by atomic mass is 9.99. The van der Waals surface area contributed by atoms with Crippen molar-refractivity contribution >= 4 is 0 Å². The smallest absolute Gasteiger partial charge is 0.0673 e. The van der Waals surface area contributed by atoms with Crippen LogP contribution in [0, 0.1) is 6.92 Å². The summed E-state index contributed by atoms with van der Waals surface area (Å²) in [4.78, 5) is 4.43. The van der Waals surface area contributed by atoms with E-state index < -0.39 is 0 Å². The average molecular weight is 272 g/mol. The maximum atomic E-state index is 4.56. The highest BCUT2D eigenvalue weighted by molar-refractivity contribution is 5.32. The summed E-state index contributed by atoms with van der Waals surface area (Å²) < 4.78 is 1.90. The molecule has 20 heavy (non-hydrogen) atoms. The largest absolute Gasteiger partial charge is 0.306 e. The minimum absolute atomic E-state index is 0.173. The summed E-state index contributed by atoms with van der Waals surface area (Å²) >= 11 is 0. The van der Waals surface area contributed by atoms with Crippen molar-refractivity contribution < 1.29 is 0 Å². The highest BCUT2D eigenvalue weighted by Gasteiger charge is 2.19. The van der Waals surface area contributed by atoms with E-state index in [1.807, 2.05) is 24.9 Å². The quantitative estimate of drug-likeness (QED) is 0.879. The Morgan fingerprint density at radius 3 is 2.70 bits per heavy atom. The van der Waals surface area contributed by atoms with E-state index in [1.165, 1.54) is 11.1 Å². The van der Waals surface area contributed by atoms with Gasteiger partial charge in [-0.2, -0.15) is 5.10 Å². The molecule has 0 bridgehead atoms. The van der Waals surface area contributed by atoms with Gasteiger partial charge < -0.3 is 5.32 Å². The van der Waals surface area contributed by atoms with E-state index in [0.29, 0.717) is 0 Å². The molecule has 0 aliphatic carbocycles. The zero-order valence-corrected chi connectivity index (χ0v) is 12.8. The predicted octanol–water partition coefficient (Wildman–Crippen LogP) is 2.77. The second-order valence-electron chi connectivity index (χ2n) is 5.18. The number of aryl methyl sites for hydroxylation is 3.